The summed E-state index contributed by atoms with van der Waals surface area (Å²) in [6.07, 6.45) is 11.5. The van der Waals surface area contributed by atoms with Crippen molar-refractivity contribution in [1.29, 1.82) is 0 Å². The van der Waals surface area contributed by atoms with Crippen LogP contribution in [0.15, 0.2) is 23.0 Å². The number of carbonyl (C=O) groups is 3. The van der Waals surface area contributed by atoms with E-state index in [0.29, 0.717) is 30.4 Å². The maximum Gasteiger partial charge on any atom is 0.244 e. The Labute approximate surface area is 239 Å². The van der Waals surface area contributed by atoms with Crippen LogP contribution in [0, 0.1) is 22.7 Å². The first kappa shape index (κ1) is 31.7. The smallest absolute Gasteiger partial charge is 0.244 e. The number of amides is 3. The van der Waals surface area contributed by atoms with Gasteiger partial charge in [-0.15, -0.1) is 0 Å². The number of aliphatic imine (C=N–C) groups is 1. The number of hydrogen-bond donors (Lipinski definition) is 1. The van der Waals surface area contributed by atoms with Gasteiger partial charge in [-0.2, -0.15) is 4.99 Å². The van der Waals surface area contributed by atoms with Gasteiger partial charge in [-0.3, -0.25) is 19.3 Å². The highest BCUT2D eigenvalue weighted by Crippen LogP contribution is 2.62. The number of imidazole rings is 1. The van der Waals surface area contributed by atoms with Gasteiger partial charge in [-0.05, 0) is 68.1 Å². The molecule has 9 nitrogen and oxygen atoms in total. The lowest BCUT2D eigenvalue weighted by molar-refractivity contribution is -0.212. The molecule has 222 valence electrons. The zero-order valence-electron chi connectivity index (χ0n) is 26.0. The molecule has 3 rings (SSSR count). The summed E-state index contributed by atoms with van der Waals surface area (Å²) in [7, 11) is 3.12. The van der Waals surface area contributed by atoms with Gasteiger partial charge in [0.05, 0.1) is 11.9 Å². The monoisotopic (exact) mass is 555 g/mol. The zero-order valence-corrected chi connectivity index (χ0v) is 26.0. The highest BCUT2D eigenvalue weighted by atomic mass is 16.3. The van der Waals surface area contributed by atoms with Gasteiger partial charge in [0.2, 0.25) is 18.2 Å². The van der Waals surface area contributed by atoms with Crippen LogP contribution < -0.4 is 4.90 Å². The summed E-state index contributed by atoms with van der Waals surface area (Å²) in [6, 6.07) is 0. The first-order valence-corrected chi connectivity index (χ1v) is 14.5. The normalized spacial score (nSPS) is 28.6. The average molecular weight is 556 g/mol. The topological polar surface area (TPSA) is 108 Å². The highest BCUT2D eigenvalue weighted by Gasteiger charge is 2.60. The predicted molar refractivity (Wildman–Crippen MR) is 158 cm³/mol. The second-order valence-electron chi connectivity index (χ2n) is 13.1. The van der Waals surface area contributed by atoms with Gasteiger partial charge in [0.25, 0.3) is 0 Å². The lowest BCUT2D eigenvalue weighted by Crippen LogP contribution is -2.62. The van der Waals surface area contributed by atoms with E-state index in [1.807, 2.05) is 4.57 Å². The molecule has 0 radical (unpaired) electrons. The van der Waals surface area contributed by atoms with Gasteiger partial charge in [0.1, 0.15) is 5.69 Å². The summed E-state index contributed by atoms with van der Waals surface area (Å²) in [4.78, 5) is 47.0. The fourth-order valence-corrected chi connectivity index (χ4v) is 7.05. The summed E-state index contributed by atoms with van der Waals surface area (Å²) < 4.78 is 1.81. The van der Waals surface area contributed by atoms with Gasteiger partial charge in [-0.25, -0.2) is 4.98 Å². The Hall–Kier alpha value is -2.81. The molecule has 3 amide bonds. The van der Waals surface area contributed by atoms with E-state index >= 15 is 0 Å². The van der Waals surface area contributed by atoms with Gasteiger partial charge in [-0.1, -0.05) is 45.8 Å². The maximum absolute atomic E-state index is 12.2. The molecule has 1 aromatic heterocycles. The Kier molecular flexibility index (Phi) is 9.49. The van der Waals surface area contributed by atoms with Gasteiger partial charge < -0.3 is 14.6 Å². The first-order valence-electron chi connectivity index (χ1n) is 14.5. The number of fused-ring (bicyclic) bond motifs is 1. The summed E-state index contributed by atoms with van der Waals surface area (Å²) in [5, 5.41) is 12.0. The fourth-order valence-electron chi connectivity index (χ4n) is 7.05. The number of carbonyl (C=O) groups excluding carboxylic acids is 3. The molecule has 2 fully saturated rings. The van der Waals surface area contributed by atoms with Crippen LogP contribution in [0.2, 0.25) is 0 Å². The van der Waals surface area contributed by atoms with Crippen LogP contribution >= 0.6 is 0 Å². The van der Waals surface area contributed by atoms with E-state index in [4.69, 9.17) is 0 Å². The van der Waals surface area contributed by atoms with Crippen molar-refractivity contribution >= 4 is 29.9 Å². The molecule has 0 saturated heterocycles. The molecular weight excluding hydrogens is 506 g/mol. The van der Waals surface area contributed by atoms with Crippen LogP contribution in [0.4, 0.5) is 5.82 Å². The van der Waals surface area contributed by atoms with Crippen LogP contribution in [0.3, 0.4) is 0 Å². The molecule has 0 unspecified atom stereocenters. The Morgan fingerprint density at radius 3 is 2.45 bits per heavy atom. The average Bonchev–Trinajstić information content (AvgIpc) is 3.31. The quantitative estimate of drug-likeness (QED) is 0.211. The number of hydrogen-bond acceptors (Lipinski definition) is 5. The highest BCUT2D eigenvalue weighted by molar-refractivity contribution is 6.13. The maximum atomic E-state index is 12.2. The Balaban J connectivity index is 1.88. The van der Waals surface area contributed by atoms with Crippen molar-refractivity contribution in [2.45, 2.75) is 106 Å². The summed E-state index contributed by atoms with van der Waals surface area (Å²) in [6.45, 7) is 14.5. The third-order valence-electron chi connectivity index (χ3n) is 10.2. The van der Waals surface area contributed by atoms with Crippen molar-refractivity contribution in [2.24, 2.45) is 27.7 Å². The minimum atomic E-state index is -0.619. The van der Waals surface area contributed by atoms with Crippen molar-refractivity contribution in [1.82, 2.24) is 14.5 Å². The van der Waals surface area contributed by atoms with Crippen molar-refractivity contribution in [2.75, 3.05) is 19.0 Å². The molecule has 1 heterocycles. The molecular formula is C31H49N5O4. The summed E-state index contributed by atoms with van der Waals surface area (Å²) in [5.74, 6) is 0.540. The molecule has 0 aliphatic heterocycles. The largest absolute Gasteiger partial charge is 0.389 e. The first-order chi connectivity index (χ1) is 18.6. The van der Waals surface area contributed by atoms with Crippen molar-refractivity contribution in [3.8, 4) is 0 Å². The lowest BCUT2D eigenvalue weighted by atomic mass is 9.45. The van der Waals surface area contributed by atoms with Crippen molar-refractivity contribution in [3.05, 3.63) is 23.7 Å². The minimum Gasteiger partial charge on any atom is -0.389 e. The number of rotatable bonds is 8. The predicted octanol–water partition coefficient (Wildman–Crippen LogP) is 4.97. The second-order valence-corrected chi connectivity index (χ2v) is 13.1. The van der Waals surface area contributed by atoms with Gasteiger partial charge >= 0.3 is 0 Å². The van der Waals surface area contributed by atoms with Crippen LogP contribution in [-0.2, 0) is 20.9 Å². The minimum absolute atomic E-state index is 0.0469. The summed E-state index contributed by atoms with van der Waals surface area (Å²) >= 11 is 0. The SMILES string of the molecule is CC(=O)N=C(c1c(N(C)C=O)ncn1C/C=C(\C)CC[C@]1(C)[C@@H](C)CC[C@@]2(O)[C@H]1CCCC2(C)C)N(C)C(C)=O. The standard InChI is InChI=1S/C31H49N5O4/c1-21(12-16-30(7)22(2)13-17-31(40)25(30)11-10-15-29(31,5)6)14-18-36-19-32-27(34(8)20-37)26(36)28(33-23(3)38)35(9)24(4)39/h14,19-20,22,25,40H,10-13,15-18H2,1-9H3/b21-14+,33-28?/t22-,25-,30+,31+/m0/s1. The van der Waals surface area contributed by atoms with Crippen LogP contribution in [0.1, 0.15) is 99.1 Å². The van der Waals surface area contributed by atoms with Crippen LogP contribution in [0.25, 0.3) is 0 Å². The van der Waals surface area contributed by atoms with E-state index in [1.54, 1.807) is 20.4 Å². The molecule has 0 spiro atoms. The number of aromatic nitrogens is 2. The number of nitrogens with zero attached hydrogens (tertiary/aromatic N) is 5. The molecule has 0 bridgehead atoms. The molecule has 9 heteroatoms. The fraction of sp³-hybridized carbons (Fsp3) is 0.710. The molecule has 2 aliphatic rings. The van der Waals surface area contributed by atoms with Crippen LogP contribution in [0.5, 0.6) is 0 Å². The zero-order chi connectivity index (χ0) is 30.0. The van der Waals surface area contributed by atoms with E-state index < -0.39 is 11.5 Å². The van der Waals surface area contributed by atoms with E-state index in [1.165, 1.54) is 29.2 Å². The molecule has 1 N–H and O–H groups in total. The number of aliphatic hydroxyl groups is 1. The van der Waals surface area contributed by atoms with Crippen molar-refractivity contribution in [3.63, 3.8) is 0 Å². The third kappa shape index (κ3) is 5.94. The Morgan fingerprint density at radius 2 is 1.85 bits per heavy atom. The number of anilines is 1. The van der Waals surface area contributed by atoms with E-state index in [-0.39, 0.29) is 28.5 Å². The van der Waals surface area contributed by atoms with Gasteiger partial charge in [0, 0.05) is 34.5 Å². The van der Waals surface area contributed by atoms with Gasteiger partial charge in [0.15, 0.2) is 11.7 Å². The molecule has 40 heavy (non-hydrogen) atoms. The van der Waals surface area contributed by atoms with Crippen LogP contribution in [-0.4, -0.2) is 63.3 Å². The van der Waals surface area contributed by atoms with E-state index in [2.05, 4.69) is 50.7 Å². The van der Waals surface area contributed by atoms with E-state index in [0.717, 1.165) is 44.9 Å². The molecule has 1 aromatic rings. The summed E-state index contributed by atoms with van der Waals surface area (Å²) in [5.41, 5.74) is 0.997. The number of amidine groups is 1. The Bertz CT molecular complexity index is 1180. The Morgan fingerprint density at radius 1 is 1.18 bits per heavy atom. The lowest BCUT2D eigenvalue weighted by Gasteiger charge is -2.62. The van der Waals surface area contributed by atoms with E-state index in [9.17, 15) is 19.5 Å². The molecule has 0 aromatic carbocycles. The third-order valence-corrected chi connectivity index (χ3v) is 10.2. The molecule has 2 saturated carbocycles. The number of allylic oxidation sites excluding steroid dienone is 2. The van der Waals surface area contributed by atoms with Crippen molar-refractivity contribution < 1.29 is 19.5 Å². The second kappa shape index (κ2) is 12.0. The molecule has 2 aliphatic carbocycles. The molecule has 4 atom stereocenters.